The summed E-state index contributed by atoms with van der Waals surface area (Å²) in [7, 11) is 0. The number of ether oxygens (including phenoxy) is 1. The molecule has 0 saturated carbocycles. The standard InChI is InChI=1S/C18H27NO5/c1-3-5-9-14-10-7-8-11-15(14)19(12-6-4-2)17(18(22)23)24-13-16(20)21/h7-8,10-11,17H,3-6,9,12-13H2,1-2H3,(H,20,21)(H,22,23). The van der Waals surface area contributed by atoms with Crippen LogP contribution < -0.4 is 4.90 Å². The van der Waals surface area contributed by atoms with Crippen LogP contribution in [0.5, 0.6) is 0 Å². The minimum absolute atomic E-state index is 0.496. The van der Waals surface area contributed by atoms with Gasteiger partial charge in [-0.1, -0.05) is 44.9 Å². The highest BCUT2D eigenvalue weighted by atomic mass is 16.5. The number of hydrogen-bond donors (Lipinski definition) is 2. The van der Waals surface area contributed by atoms with Crippen LogP contribution in [0.25, 0.3) is 0 Å². The molecule has 1 aromatic rings. The van der Waals surface area contributed by atoms with Gasteiger partial charge < -0.3 is 19.8 Å². The molecule has 134 valence electrons. The molecule has 1 rings (SSSR count). The minimum atomic E-state index is -1.31. The molecule has 0 aliphatic heterocycles. The number of benzene rings is 1. The predicted octanol–water partition coefficient (Wildman–Crippen LogP) is 3.15. The summed E-state index contributed by atoms with van der Waals surface area (Å²) < 4.78 is 5.16. The van der Waals surface area contributed by atoms with E-state index >= 15 is 0 Å². The largest absolute Gasteiger partial charge is 0.480 e. The van der Waals surface area contributed by atoms with Crippen LogP contribution in [0.1, 0.15) is 45.1 Å². The Bertz CT molecular complexity index is 532. The van der Waals surface area contributed by atoms with Crippen molar-refractivity contribution in [2.45, 2.75) is 52.2 Å². The lowest BCUT2D eigenvalue weighted by atomic mass is 10.0. The molecular weight excluding hydrogens is 310 g/mol. The molecule has 24 heavy (non-hydrogen) atoms. The van der Waals surface area contributed by atoms with Crippen molar-refractivity contribution >= 4 is 17.6 Å². The molecule has 0 aromatic heterocycles. The first-order valence-electron chi connectivity index (χ1n) is 8.42. The molecular formula is C18H27NO5. The van der Waals surface area contributed by atoms with E-state index in [-0.39, 0.29) is 0 Å². The number of carboxylic acids is 2. The van der Waals surface area contributed by atoms with Gasteiger partial charge in [-0.15, -0.1) is 0 Å². The van der Waals surface area contributed by atoms with Gasteiger partial charge in [-0.3, -0.25) is 0 Å². The van der Waals surface area contributed by atoms with Gasteiger partial charge >= 0.3 is 11.9 Å². The number of carboxylic acid groups (broad SMARTS) is 2. The molecule has 6 nitrogen and oxygen atoms in total. The molecule has 1 unspecified atom stereocenters. The van der Waals surface area contributed by atoms with E-state index in [1.807, 2.05) is 31.2 Å². The molecule has 0 saturated heterocycles. The monoisotopic (exact) mass is 337 g/mol. The average molecular weight is 337 g/mol. The SMILES string of the molecule is CCCCc1ccccc1N(CCCC)C(OCC(=O)O)C(=O)O. The molecule has 1 atom stereocenters. The van der Waals surface area contributed by atoms with Gasteiger partial charge in [0.1, 0.15) is 6.61 Å². The van der Waals surface area contributed by atoms with E-state index in [1.54, 1.807) is 4.90 Å². The Balaban J connectivity index is 3.13. The number of hydrogen-bond acceptors (Lipinski definition) is 4. The first-order valence-corrected chi connectivity index (χ1v) is 8.42. The normalized spacial score (nSPS) is 11.9. The highest BCUT2D eigenvalue weighted by Gasteiger charge is 2.28. The van der Waals surface area contributed by atoms with Crippen LogP contribution in [0.15, 0.2) is 24.3 Å². The third kappa shape index (κ3) is 6.20. The lowest BCUT2D eigenvalue weighted by Crippen LogP contribution is -2.45. The predicted molar refractivity (Wildman–Crippen MR) is 92.3 cm³/mol. The molecule has 0 radical (unpaired) electrons. The van der Waals surface area contributed by atoms with Crippen molar-refractivity contribution in [3.8, 4) is 0 Å². The van der Waals surface area contributed by atoms with Crippen LogP contribution in [-0.4, -0.2) is 41.5 Å². The lowest BCUT2D eigenvalue weighted by Gasteiger charge is -2.32. The Morgan fingerprint density at radius 3 is 2.38 bits per heavy atom. The van der Waals surface area contributed by atoms with Gasteiger partial charge in [0.05, 0.1) is 0 Å². The lowest BCUT2D eigenvalue weighted by molar-refractivity contribution is -0.156. The number of rotatable bonds is 12. The smallest absolute Gasteiger partial charge is 0.354 e. The maximum absolute atomic E-state index is 11.7. The topological polar surface area (TPSA) is 87.1 Å². The molecule has 0 fully saturated rings. The van der Waals surface area contributed by atoms with E-state index in [4.69, 9.17) is 9.84 Å². The third-order valence-electron chi connectivity index (χ3n) is 3.71. The molecule has 0 heterocycles. The van der Waals surface area contributed by atoms with Gasteiger partial charge in [0.2, 0.25) is 6.23 Å². The van der Waals surface area contributed by atoms with Crippen LogP contribution in [-0.2, 0) is 20.7 Å². The zero-order valence-corrected chi connectivity index (χ0v) is 14.4. The molecule has 6 heteroatoms. The van der Waals surface area contributed by atoms with Crippen molar-refractivity contribution in [2.75, 3.05) is 18.1 Å². The van der Waals surface area contributed by atoms with Crippen molar-refractivity contribution in [2.24, 2.45) is 0 Å². The zero-order valence-electron chi connectivity index (χ0n) is 14.4. The average Bonchev–Trinajstić information content (AvgIpc) is 2.55. The van der Waals surface area contributed by atoms with Crippen molar-refractivity contribution in [1.82, 2.24) is 0 Å². The van der Waals surface area contributed by atoms with Gasteiger partial charge in [-0.25, -0.2) is 9.59 Å². The van der Waals surface area contributed by atoms with Gasteiger partial charge in [-0.05, 0) is 30.9 Å². The first kappa shape index (κ1) is 20.0. The molecule has 2 N–H and O–H groups in total. The van der Waals surface area contributed by atoms with Crippen molar-refractivity contribution in [3.05, 3.63) is 29.8 Å². The maximum Gasteiger partial charge on any atom is 0.354 e. The summed E-state index contributed by atoms with van der Waals surface area (Å²) in [6, 6.07) is 7.65. The summed E-state index contributed by atoms with van der Waals surface area (Å²) in [5.41, 5.74) is 1.86. The van der Waals surface area contributed by atoms with Crippen molar-refractivity contribution in [1.29, 1.82) is 0 Å². The summed E-state index contributed by atoms with van der Waals surface area (Å²) in [5.74, 6) is -2.37. The summed E-state index contributed by atoms with van der Waals surface area (Å²) in [6.07, 6.45) is 3.28. The molecule has 0 aliphatic carbocycles. The molecule has 0 amide bonds. The summed E-state index contributed by atoms with van der Waals surface area (Å²) in [4.78, 5) is 24.1. The number of unbranched alkanes of at least 4 members (excludes halogenated alkanes) is 2. The fourth-order valence-corrected chi connectivity index (χ4v) is 2.51. The first-order chi connectivity index (χ1) is 11.5. The van der Waals surface area contributed by atoms with Crippen LogP contribution in [0, 0.1) is 0 Å². The molecule has 0 spiro atoms. The summed E-state index contributed by atoms with van der Waals surface area (Å²) >= 11 is 0. The summed E-state index contributed by atoms with van der Waals surface area (Å²) in [5, 5.41) is 18.3. The Morgan fingerprint density at radius 1 is 1.12 bits per heavy atom. The Labute approximate surface area is 143 Å². The van der Waals surface area contributed by atoms with Gasteiger partial charge in [0.25, 0.3) is 0 Å². The fraction of sp³-hybridized carbons (Fsp3) is 0.556. The van der Waals surface area contributed by atoms with Crippen LogP contribution in [0.3, 0.4) is 0 Å². The van der Waals surface area contributed by atoms with E-state index in [0.29, 0.717) is 6.54 Å². The van der Waals surface area contributed by atoms with E-state index in [0.717, 1.165) is 43.4 Å². The highest BCUT2D eigenvalue weighted by Crippen LogP contribution is 2.25. The zero-order chi connectivity index (χ0) is 17.9. The van der Waals surface area contributed by atoms with E-state index in [9.17, 15) is 14.7 Å². The van der Waals surface area contributed by atoms with Crippen molar-refractivity contribution in [3.63, 3.8) is 0 Å². The number of anilines is 1. The minimum Gasteiger partial charge on any atom is -0.480 e. The quantitative estimate of drug-likeness (QED) is 0.570. The van der Waals surface area contributed by atoms with Crippen LogP contribution in [0.2, 0.25) is 0 Å². The van der Waals surface area contributed by atoms with Gasteiger partial charge in [-0.2, -0.15) is 0 Å². The van der Waals surface area contributed by atoms with Gasteiger partial charge in [0, 0.05) is 12.2 Å². The number of aliphatic carboxylic acids is 2. The number of aryl methyl sites for hydroxylation is 1. The molecule has 1 aromatic carbocycles. The number of carbonyl (C=O) groups is 2. The molecule has 0 aliphatic rings. The second-order valence-corrected chi connectivity index (χ2v) is 5.67. The Hall–Kier alpha value is -2.08. The maximum atomic E-state index is 11.7. The fourth-order valence-electron chi connectivity index (χ4n) is 2.51. The van der Waals surface area contributed by atoms with Crippen LogP contribution in [0.4, 0.5) is 5.69 Å². The van der Waals surface area contributed by atoms with E-state index < -0.39 is 24.8 Å². The highest BCUT2D eigenvalue weighted by molar-refractivity contribution is 5.78. The van der Waals surface area contributed by atoms with Crippen LogP contribution >= 0.6 is 0 Å². The number of para-hydroxylation sites is 1. The van der Waals surface area contributed by atoms with E-state index in [1.165, 1.54) is 0 Å². The van der Waals surface area contributed by atoms with E-state index in [2.05, 4.69) is 6.92 Å². The van der Waals surface area contributed by atoms with Crippen molar-refractivity contribution < 1.29 is 24.5 Å². The Kier molecular flexibility index (Phi) is 8.86. The molecule has 0 bridgehead atoms. The Morgan fingerprint density at radius 2 is 1.79 bits per heavy atom. The second kappa shape index (κ2) is 10.6. The number of nitrogens with zero attached hydrogens (tertiary/aromatic N) is 1. The second-order valence-electron chi connectivity index (χ2n) is 5.67. The summed E-state index contributed by atoms with van der Waals surface area (Å²) in [6.45, 7) is 3.98. The third-order valence-corrected chi connectivity index (χ3v) is 3.71. The van der Waals surface area contributed by atoms with Gasteiger partial charge in [0.15, 0.2) is 0 Å².